The maximum Gasteiger partial charge on any atom is 0.256 e. The van der Waals surface area contributed by atoms with E-state index in [1.54, 1.807) is 6.20 Å². The Labute approximate surface area is 183 Å². The van der Waals surface area contributed by atoms with E-state index in [1.807, 2.05) is 35.0 Å². The summed E-state index contributed by atoms with van der Waals surface area (Å²) in [5.41, 5.74) is 1.94. The summed E-state index contributed by atoms with van der Waals surface area (Å²) < 4.78 is 7.64. The molecule has 3 unspecified atom stereocenters. The highest BCUT2D eigenvalue weighted by Crippen LogP contribution is 2.63. The van der Waals surface area contributed by atoms with Crippen LogP contribution in [-0.4, -0.2) is 41.0 Å². The highest BCUT2D eigenvalue weighted by Gasteiger charge is 2.57. The standard InChI is InChI=1S/C25H32N4O2/c30-24(28-22-9-8-17-11-18-13-25(22,12-17)14-18)21-16-27-29(19-5-2-1-3-6-19)23(21)26-15-20-7-4-10-31-20/h1-3,5-6,16-18,20,22,26H,4,7-15H2,(H,28,30). The number of para-hydroxylation sites is 1. The third-order valence-electron chi connectivity index (χ3n) is 8.20. The number of ether oxygens (including phenoxy) is 1. The lowest BCUT2D eigenvalue weighted by molar-refractivity contribution is -0.0940. The largest absolute Gasteiger partial charge is 0.376 e. The number of anilines is 1. The number of hydrogen-bond donors (Lipinski definition) is 2. The predicted octanol–water partition coefficient (Wildman–Crippen LogP) is 4.16. The van der Waals surface area contributed by atoms with Crippen molar-refractivity contribution in [3.63, 3.8) is 0 Å². The third kappa shape index (κ3) is 3.45. The molecule has 6 nitrogen and oxygen atoms in total. The maximum absolute atomic E-state index is 13.5. The Morgan fingerprint density at radius 3 is 2.77 bits per heavy atom. The van der Waals surface area contributed by atoms with Gasteiger partial charge in [0.05, 0.1) is 18.0 Å². The number of amides is 1. The summed E-state index contributed by atoms with van der Waals surface area (Å²) in [7, 11) is 0. The molecule has 5 aliphatic rings. The van der Waals surface area contributed by atoms with Crippen molar-refractivity contribution >= 4 is 11.7 Å². The predicted molar refractivity (Wildman–Crippen MR) is 119 cm³/mol. The Balaban J connectivity index is 1.24. The van der Waals surface area contributed by atoms with Gasteiger partial charge in [0.15, 0.2) is 0 Å². The van der Waals surface area contributed by atoms with Crippen LogP contribution in [0.2, 0.25) is 0 Å². The van der Waals surface area contributed by atoms with Gasteiger partial charge in [-0.25, -0.2) is 4.68 Å². The van der Waals surface area contributed by atoms with Crippen molar-refractivity contribution in [2.24, 2.45) is 17.3 Å². The molecule has 1 spiro atoms. The first-order valence-corrected chi connectivity index (χ1v) is 12.0. The molecule has 4 aliphatic carbocycles. The van der Waals surface area contributed by atoms with Gasteiger partial charge in [-0.05, 0) is 80.8 Å². The van der Waals surface area contributed by atoms with Crippen LogP contribution in [-0.2, 0) is 4.74 Å². The summed E-state index contributed by atoms with van der Waals surface area (Å²) in [6, 6.07) is 10.3. The smallest absolute Gasteiger partial charge is 0.256 e. The second-order valence-electron chi connectivity index (χ2n) is 10.2. The first-order chi connectivity index (χ1) is 15.2. The van der Waals surface area contributed by atoms with E-state index < -0.39 is 0 Å². The molecular weight excluding hydrogens is 388 g/mol. The van der Waals surface area contributed by atoms with Gasteiger partial charge in [0.1, 0.15) is 11.4 Å². The normalized spacial score (nSPS) is 33.5. The number of carbonyl (C=O) groups is 1. The number of nitrogens with zero attached hydrogens (tertiary/aromatic N) is 2. The van der Waals surface area contributed by atoms with E-state index in [0.717, 1.165) is 49.2 Å². The molecule has 0 radical (unpaired) electrons. The second-order valence-corrected chi connectivity index (χ2v) is 10.2. The van der Waals surface area contributed by atoms with Gasteiger partial charge in [-0.2, -0.15) is 5.10 Å². The zero-order valence-corrected chi connectivity index (χ0v) is 18.1. The zero-order valence-electron chi connectivity index (χ0n) is 18.1. The Bertz CT molecular complexity index is 944. The summed E-state index contributed by atoms with van der Waals surface area (Å²) in [6.07, 6.45) is 11.8. The molecule has 4 saturated carbocycles. The molecule has 3 bridgehead atoms. The van der Waals surface area contributed by atoms with E-state index in [0.29, 0.717) is 23.6 Å². The molecule has 2 N–H and O–H groups in total. The fourth-order valence-electron chi connectivity index (χ4n) is 6.84. The third-order valence-corrected chi connectivity index (χ3v) is 8.20. The summed E-state index contributed by atoms with van der Waals surface area (Å²) in [5, 5.41) is 11.5. The van der Waals surface area contributed by atoms with Gasteiger partial charge in [0, 0.05) is 19.2 Å². The molecule has 2 heterocycles. The number of aromatic nitrogens is 2. The minimum atomic E-state index is 0.00358. The fourth-order valence-corrected chi connectivity index (χ4v) is 6.84. The van der Waals surface area contributed by atoms with E-state index in [1.165, 1.54) is 32.1 Å². The first kappa shape index (κ1) is 19.4. The molecule has 7 rings (SSSR count). The second kappa shape index (κ2) is 7.66. The van der Waals surface area contributed by atoms with Crippen LogP contribution in [0.5, 0.6) is 0 Å². The minimum Gasteiger partial charge on any atom is -0.376 e. The maximum atomic E-state index is 13.5. The molecule has 6 heteroatoms. The van der Waals surface area contributed by atoms with Crippen LogP contribution in [0, 0.1) is 17.3 Å². The average Bonchev–Trinajstić information content (AvgIpc) is 3.44. The Kier molecular flexibility index (Phi) is 4.78. The van der Waals surface area contributed by atoms with Gasteiger partial charge in [-0.1, -0.05) is 18.2 Å². The molecule has 1 aliphatic heterocycles. The monoisotopic (exact) mass is 420 g/mol. The highest BCUT2D eigenvalue weighted by atomic mass is 16.5. The van der Waals surface area contributed by atoms with Gasteiger partial charge >= 0.3 is 0 Å². The summed E-state index contributed by atoms with van der Waals surface area (Å²) in [5.74, 6) is 2.57. The number of nitrogens with one attached hydrogen (secondary N) is 2. The van der Waals surface area contributed by atoms with E-state index in [-0.39, 0.29) is 12.0 Å². The fraction of sp³-hybridized carbons (Fsp3) is 0.600. The lowest BCUT2D eigenvalue weighted by atomic mass is 9.45. The Hall–Kier alpha value is -2.34. The van der Waals surface area contributed by atoms with Crippen molar-refractivity contribution in [3.8, 4) is 5.69 Å². The van der Waals surface area contributed by atoms with Gasteiger partial charge in [0.25, 0.3) is 5.91 Å². The molecule has 2 aromatic rings. The quantitative estimate of drug-likeness (QED) is 0.736. The van der Waals surface area contributed by atoms with Crippen molar-refractivity contribution in [1.82, 2.24) is 15.1 Å². The number of hydrogen-bond acceptors (Lipinski definition) is 4. The first-order valence-electron chi connectivity index (χ1n) is 12.0. The van der Waals surface area contributed by atoms with E-state index >= 15 is 0 Å². The molecule has 3 atom stereocenters. The average molecular weight is 421 g/mol. The summed E-state index contributed by atoms with van der Waals surface area (Å²) >= 11 is 0. The van der Waals surface area contributed by atoms with Crippen LogP contribution in [0.15, 0.2) is 36.5 Å². The van der Waals surface area contributed by atoms with Crippen LogP contribution >= 0.6 is 0 Å². The molecule has 31 heavy (non-hydrogen) atoms. The molecular formula is C25H32N4O2. The van der Waals surface area contributed by atoms with Gasteiger partial charge < -0.3 is 15.4 Å². The highest BCUT2D eigenvalue weighted by molar-refractivity contribution is 5.99. The molecule has 1 amide bonds. The van der Waals surface area contributed by atoms with Crippen molar-refractivity contribution in [3.05, 3.63) is 42.1 Å². The molecule has 1 aromatic carbocycles. The Morgan fingerprint density at radius 1 is 1.13 bits per heavy atom. The zero-order chi connectivity index (χ0) is 20.8. The van der Waals surface area contributed by atoms with E-state index in [9.17, 15) is 4.79 Å². The molecule has 5 fully saturated rings. The number of benzene rings is 1. The topological polar surface area (TPSA) is 68.2 Å². The van der Waals surface area contributed by atoms with E-state index in [2.05, 4.69) is 15.7 Å². The van der Waals surface area contributed by atoms with Gasteiger partial charge in [-0.3, -0.25) is 4.79 Å². The van der Waals surface area contributed by atoms with Gasteiger partial charge in [-0.15, -0.1) is 0 Å². The van der Waals surface area contributed by atoms with Crippen LogP contribution in [0.25, 0.3) is 5.69 Å². The van der Waals surface area contributed by atoms with Crippen molar-refractivity contribution in [2.45, 2.75) is 63.5 Å². The molecule has 164 valence electrons. The van der Waals surface area contributed by atoms with Crippen molar-refractivity contribution < 1.29 is 9.53 Å². The minimum absolute atomic E-state index is 0.00358. The molecule has 1 saturated heterocycles. The number of carbonyl (C=O) groups excluding carboxylic acids is 1. The van der Waals surface area contributed by atoms with Gasteiger partial charge in [0.2, 0.25) is 0 Å². The summed E-state index contributed by atoms with van der Waals surface area (Å²) in [4.78, 5) is 13.5. The Morgan fingerprint density at radius 2 is 1.97 bits per heavy atom. The van der Waals surface area contributed by atoms with Crippen LogP contribution in [0.1, 0.15) is 61.7 Å². The van der Waals surface area contributed by atoms with Crippen LogP contribution in [0.3, 0.4) is 0 Å². The van der Waals surface area contributed by atoms with Crippen molar-refractivity contribution in [2.75, 3.05) is 18.5 Å². The van der Waals surface area contributed by atoms with Crippen LogP contribution < -0.4 is 10.6 Å². The number of rotatable bonds is 6. The lowest BCUT2D eigenvalue weighted by Crippen LogP contribution is -2.60. The van der Waals surface area contributed by atoms with Crippen molar-refractivity contribution in [1.29, 1.82) is 0 Å². The van der Waals surface area contributed by atoms with E-state index in [4.69, 9.17) is 4.74 Å². The lowest BCUT2D eigenvalue weighted by Gasteiger charge is -2.62. The van der Waals surface area contributed by atoms with Crippen LogP contribution in [0.4, 0.5) is 5.82 Å². The summed E-state index contributed by atoms with van der Waals surface area (Å²) in [6.45, 7) is 1.51. The SMILES string of the molecule is O=C(NC1CCC2CC3CC1(C2)C3)c1cnn(-c2ccccc2)c1NCC1CCCO1. The molecule has 1 aromatic heterocycles.